The van der Waals surface area contributed by atoms with Crippen LogP contribution >= 0.6 is 0 Å². The van der Waals surface area contributed by atoms with Crippen LogP contribution in [0.1, 0.15) is 12.0 Å². The third-order valence-corrected chi connectivity index (χ3v) is 6.56. The van der Waals surface area contributed by atoms with Crippen molar-refractivity contribution in [2.24, 2.45) is 7.05 Å². The minimum absolute atomic E-state index is 0.00716. The van der Waals surface area contributed by atoms with Gasteiger partial charge in [0.25, 0.3) is 5.56 Å². The zero-order chi connectivity index (χ0) is 23.0. The molecule has 0 amide bonds. The summed E-state index contributed by atoms with van der Waals surface area (Å²) in [5.74, 6) is -1.28. The molecule has 0 aliphatic carbocycles. The van der Waals surface area contributed by atoms with Gasteiger partial charge in [-0.3, -0.25) is 9.52 Å². The van der Waals surface area contributed by atoms with Crippen LogP contribution in [-0.4, -0.2) is 41.5 Å². The van der Waals surface area contributed by atoms with E-state index >= 15 is 0 Å². The van der Waals surface area contributed by atoms with E-state index in [1.54, 1.807) is 12.1 Å². The van der Waals surface area contributed by atoms with Crippen molar-refractivity contribution in [1.29, 1.82) is 5.26 Å². The van der Waals surface area contributed by atoms with Crippen molar-refractivity contribution in [3.8, 4) is 17.6 Å². The maximum atomic E-state index is 14.6. The number of hydrogen-bond donors (Lipinski definition) is 1. The van der Waals surface area contributed by atoms with Gasteiger partial charge in [-0.05, 0) is 30.7 Å². The van der Waals surface area contributed by atoms with E-state index in [4.69, 9.17) is 4.74 Å². The van der Waals surface area contributed by atoms with Gasteiger partial charge in [0, 0.05) is 26.2 Å². The number of hydrogen-bond acceptors (Lipinski definition) is 6. The highest BCUT2D eigenvalue weighted by Gasteiger charge is 2.32. The highest BCUT2D eigenvalue weighted by atomic mass is 32.2. The molecule has 1 N–H and O–H groups in total. The predicted molar refractivity (Wildman–Crippen MR) is 112 cm³/mol. The first-order chi connectivity index (χ1) is 15.2. The predicted octanol–water partition coefficient (Wildman–Crippen LogP) is 2.44. The number of aryl methyl sites for hydroxylation is 1. The molecule has 0 bridgehead atoms. The monoisotopic (exact) mass is 461 g/mol. The van der Waals surface area contributed by atoms with Crippen LogP contribution in [0.4, 0.5) is 14.5 Å². The average molecular weight is 461 g/mol. The number of alkyl halides is 1. The fourth-order valence-electron chi connectivity index (χ4n) is 3.35. The first-order valence-electron chi connectivity index (χ1n) is 9.48. The Morgan fingerprint density at radius 2 is 2.09 bits per heavy atom. The normalized spacial score (nSPS) is 16.8. The van der Waals surface area contributed by atoms with E-state index in [0.29, 0.717) is 11.0 Å². The van der Waals surface area contributed by atoms with Crippen LogP contribution in [0.5, 0.6) is 11.5 Å². The molecule has 1 saturated heterocycles. The molecule has 0 radical (unpaired) electrons. The Bertz CT molecular complexity index is 1420. The summed E-state index contributed by atoms with van der Waals surface area (Å²) < 4.78 is 63.1. The Morgan fingerprint density at radius 1 is 1.31 bits per heavy atom. The van der Waals surface area contributed by atoms with Crippen molar-refractivity contribution in [1.82, 2.24) is 13.9 Å². The van der Waals surface area contributed by atoms with Crippen molar-refractivity contribution >= 4 is 26.9 Å². The number of anilines is 1. The second-order valence-electron chi connectivity index (χ2n) is 7.17. The number of nitrogens with one attached hydrogen (secondary N) is 1. The van der Waals surface area contributed by atoms with E-state index in [1.807, 2.05) is 0 Å². The van der Waals surface area contributed by atoms with Crippen molar-refractivity contribution in [3.05, 3.63) is 58.3 Å². The van der Waals surface area contributed by atoms with Gasteiger partial charge in [-0.2, -0.15) is 18.0 Å². The molecule has 0 spiro atoms. The van der Waals surface area contributed by atoms with Gasteiger partial charge in [0.2, 0.25) is 0 Å². The number of rotatable bonds is 5. The largest absolute Gasteiger partial charge is 0.453 e. The summed E-state index contributed by atoms with van der Waals surface area (Å²) in [6.07, 6.45) is -0.0342. The first kappa shape index (κ1) is 21.7. The van der Waals surface area contributed by atoms with Gasteiger partial charge in [0.05, 0.1) is 22.9 Å². The smallest absolute Gasteiger partial charge is 0.301 e. The van der Waals surface area contributed by atoms with Crippen LogP contribution in [0.2, 0.25) is 0 Å². The topological polar surface area (TPSA) is 117 Å². The van der Waals surface area contributed by atoms with E-state index in [2.05, 4.69) is 9.71 Å². The molecular formula is C20H17F2N5O4S. The van der Waals surface area contributed by atoms with Gasteiger partial charge in [-0.15, -0.1) is 0 Å². The Labute approximate surface area is 181 Å². The van der Waals surface area contributed by atoms with E-state index in [0.717, 1.165) is 22.6 Å². The third-order valence-electron chi connectivity index (χ3n) is 5.07. The lowest BCUT2D eigenvalue weighted by molar-refractivity contribution is 0.343. The molecule has 12 heteroatoms. The summed E-state index contributed by atoms with van der Waals surface area (Å²) in [6.45, 7) is -0.307. The molecule has 1 atom stereocenters. The van der Waals surface area contributed by atoms with Gasteiger partial charge < -0.3 is 9.30 Å². The fraction of sp³-hybridized carbons (Fsp3) is 0.250. The molecule has 2 heterocycles. The highest BCUT2D eigenvalue weighted by molar-refractivity contribution is 7.90. The Kier molecular flexibility index (Phi) is 5.53. The van der Waals surface area contributed by atoms with E-state index in [-0.39, 0.29) is 42.1 Å². The van der Waals surface area contributed by atoms with Crippen LogP contribution in [0.3, 0.4) is 0 Å². The Morgan fingerprint density at radius 3 is 2.78 bits per heavy atom. The summed E-state index contributed by atoms with van der Waals surface area (Å²) in [7, 11) is -2.62. The summed E-state index contributed by atoms with van der Waals surface area (Å²) >= 11 is 0. The van der Waals surface area contributed by atoms with E-state index in [9.17, 15) is 27.3 Å². The van der Waals surface area contributed by atoms with Crippen LogP contribution in [0.25, 0.3) is 11.0 Å². The van der Waals surface area contributed by atoms with Gasteiger partial charge >= 0.3 is 10.2 Å². The zero-order valence-electron chi connectivity index (χ0n) is 16.7. The Hall–Kier alpha value is -3.56. The molecule has 1 aliphatic heterocycles. The lowest BCUT2D eigenvalue weighted by Crippen LogP contribution is -2.34. The molecule has 9 nitrogen and oxygen atoms in total. The summed E-state index contributed by atoms with van der Waals surface area (Å²) in [5.41, 5.74) is -0.0301. The van der Waals surface area contributed by atoms with Crippen LogP contribution < -0.4 is 15.0 Å². The number of halogens is 2. The summed E-state index contributed by atoms with van der Waals surface area (Å²) in [4.78, 5) is 15.8. The van der Waals surface area contributed by atoms with E-state index in [1.165, 1.54) is 23.7 Å². The molecule has 1 unspecified atom stereocenters. The van der Waals surface area contributed by atoms with Crippen molar-refractivity contribution in [3.63, 3.8) is 0 Å². The Balaban J connectivity index is 1.71. The molecule has 0 saturated carbocycles. The van der Waals surface area contributed by atoms with Gasteiger partial charge in [0.1, 0.15) is 23.6 Å². The van der Waals surface area contributed by atoms with Crippen molar-refractivity contribution < 1.29 is 21.9 Å². The number of nitrogens with zero attached hydrogens (tertiary/aromatic N) is 4. The van der Waals surface area contributed by atoms with Crippen LogP contribution in [-0.2, 0) is 17.3 Å². The lowest BCUT2D eigenvalue weighted by atomic mass is 10.1. The lowest BCUT2D eigenvalue weighted by Gasteiger charge is -2.18. The molecule has 1 fully saturated rings. The molecule has 1 aromatic heterocycles. The second kappa shape index (κ2) is 8.18. The maximum absolute atomic E-state index is 14.6. The molecule has 166 valence electrons. The summed E-state index contributed by atoms with van der Waals surface area (Å²) in [6, 6.07) is 8.28. The quantitative estimate of drug-likeness (QED) is 0.624. The first-order valence-corrected chi connectivity index (χ1v) is 10.9. The van der Waals surface area contributed by atoms with Crippen LogP contribution in [0, 0.1) is 17.1 Å². The number of ether oxygens (including phenoxy) is 1. The van der Waals surface area contributed by atoms with Crippen LogP contribution in [0.15, 0.2) is 41.3 Å². The van der Waals surface area contributed by atoms with Gasteiger partial charge in [-0.25, -0.2) is 13.8 Å². The minimum Gasteiger partial charge on any atom is -0.453 e. The standard InChI is InChI=1S/C20H17F2N5O4S/c1-26-18-8-13(2-4-17(18)24-10-19(26)28)31-20-14(9-23)16(5-3-15(20)22)25-32(29,30)27-7-6-12(21)11-27/h2-5,8,10,12,25H,6-7,11H2,1H3. The minimum atomic E-state index is -4.15. The molecule has 4 rings (SSSR count). The maximum Gasteiger partial charge on any atom is 0.301 e. The highest BCUT2D eigenvalue weighted by Crippen LogP contribution is 2.34. The zero-order valence-corrected chi connectivity index (χ0v) is 17.6. The molecule has 3 aromatic rings. The third kappa shape index (κ3) is 4.00. The number of aromatic nitrogens is 2. The fourth-order valence-corrected chi connectivity index (χ4v) is 4.64. The van der Waals surface area contributed by atoms with E-state index < -0.39 is 27.9 Å². The average Bonchev–Trinajstić information content (AvgIpc) is 3.21. The SMILES string of the molecule is Cn1c(=O)cnc2ccc(Oc3c(F)ccc(NS(=O)(=O)N4CCC(F)C4)c3C#N)cc21. The number of nitriles is 1. The number of benzene rings is 2. The summed E-state index contributed by atoms with van der Waals surface area (Å²) in [5, 5.41) is 9.60. The van der Waals surface area contributed by atoms with Crippen molar-refractivity contribution in [2.45, 2.75) is 12.6 Å². The van der Waals surface area contributed by atoms with Gasteiger partial charge in [-0.1, -0.05) is 0 Å². The number of fused-ring (bicyclic) bond motifs is 1. The van der Waals surface area contributed by atoms with Gasteiger partial charge in [0.15, 0.2) is 11.6 Å². The molecule has 1 aliphatic rings. The molecule has 2 aromatic carbocycles. The second-order valence-corrected chi connectivity index (χ2v) is 8.84. The molecular weight excluding hydrogens is 444 g/mol. The molecule has 32 heavy (non-hydrogen) atoms. The van der Waals surface area contributed by atoms with Crippen molar-refractivity contribution in [2.75, 3.05) is 17.8 Å².